The molecule has 22 heavy (non-hydrogen) atoms. The van der Waals surface area contributed by atoms with Gasteiger partial charge in [-0.25, -0.2) is 4.98 Å². The number of imidazole rings is 1. The molecule has 1 N–H and O–H groups in total. The first-order valence-electron chi connectivity index (χ1n) is 7.43. The number of nitrogens with zero attached hydrogens (tertiary/aromatic N) is 2. The number of hydrogen-bond acceptors (Lipinski definition) is 2. The molecule has 0 aliphatic heterocycles. The molecule has 1 atom stereocenters. The SMILES string of the molecule is C=CCn1c(C(O)c2ccccc2)nc2cc(C)c(C)cc21. The van der Waals surface area contributed by atoms with Crippen LogP contribution in [0.1, 0.15) is 28.6 Å². The molecular weight excluding hydrogens is 272 g/mol. The fourth-order valence-corrected chi connectivity index (χ4v) is 2.71. The van der Waals surface area contributed by atoms with Gasteiger partial charge in [-0.05, 0) is 42.7 Å². The van der Waals surface area contributed by atoms with E-state index in [1.165, 1.54) is 11.1 Å². The second kappa shape index (κ2) is 5.78. The minimum absolute atomic E-state index is 0.623. The van der Waals surface area contributed by atoms with E-state index in [9.17, 15) is 5.11 Å². The van der Waals surface area contributed by atoms with Crippen LogP contribution in [0.2, 0.25) is 0 Å². The topological polar surface area (TPSA) is 38.0 Å². The van der Waals surface area contributed by atoms with E-state index in [0.717, 1.165) is 16.6 Å². The van der Waals surface area contributed by atoms with Gasteiger partial charge in [0.05, 0.1) is 11.0 Å². The molecule has 0 spiro atoms. The van der Waals surface area contributed by atoms with Crippen molar-refractivity contribution < 1.29 is 5.11 Å². The molecule has 0 aliphatic rings. The average Bonchev–Trinajstić information content (AvgIpc) is 2.86. The number of aliphatic hydroxyl groups excluding tert-OH is 1. The second-order valence-electron chi connectivity index (χ2n) is 5.61. The van der Waals surface area contributed by atoms with Gasteiger partial charge in [-0.1, -0.05) is 36.4 Å². The van der Waals surface area contributed by atoms with E-state index in [1.807, 2.05) is 41.0 Å². The highest BCUT2D eigenvalue weighted by Gasteiger charge is 2.19. The van der Waals surface area contributed by atoms with E-state index in [4.69, 9.17) is 0 Å². The Morgan fingerprint density at radius 2 is 1.86 bits per heavy atom. The standard InChI is InChI=1S/C19H20N2O/c1-4-10-21-17-12-14(3)13(2)11-16(17)20-19(21)18(22)15-8-6-5-7-9-15/h4-9,11-12,18,22H,1,10H2,2-3H3. The van der Waals surface area contributed by atoms with Gasteiger partial charge in [0.2, 0.25) is 0 Å². The maximum atomic E-state index is 10.7. The Kier molecular flexibility index (Phi) is 3.82. The quantitative estimate of drug-likeness (QED) is 0.740. The van der Waals surface area contributed by atoms with Crippen molar-refractivity contribution in [3.05, 3.63) is 77.6 Å². The largest absolute Gasteiger partial charge is 0.380 e. The predicted octanol–water partition coefficient (Wildman–Crippen LogP) is 3.92. The van der Waals surface area contributed by atoms with Gasteiger partial charge in [0.1, 0.15) is 11.9 Å². The first kappa shape index (κ1) is 14.5. The van der Waals surface area contributed by atoms with Gasteiger partial charge in [0, 0.05) is 6.54 Å². The predicted molar refractivity (Wildman–Crippen MR) is 89.9 cm³/mol. The summed E-state index contributed by atoms with van der Waals surface area (Å²) in [5, 5.41) is 10.7. The van der Waals surface area contributed by atoms with E-state index in [-0.39, 0.29) is 0 Å². The van der Waals surface area contributed by atoms with Gasteiger partial charge >= 0.3 is 0 Å². The van der Waals surface area contributed by atoms with Crippen molar-refractivity contribution in [1.29, 1.82) is 0 Å². The van der Waals surface area contributed by atoms with Crippen LogP contribution in [-0.4, -0.2) is 14.7 Å². The van der Waals surface area contributed by atoms with E-state index >= 15 is 0 Å². The summed E-state index contributed by atoms with van der Waals surface area (Å²) in [5.74, 6) is 0.658. The lowest BCUT2D eigenvalue weighted by Crippen LogP contribution is -2.09. The first-order valence-corrected chi connectivity index (χ1v) is 7.43. The minimum Gasteiger partial charge on any atom is -0.380 e. The van der Waals surface area contributed by atoms with E-state index in [0.29, 0.717) is 12.4 Å². The van der Waals surface area contributed by atoms with Gasteiger partial charge in [-0.3, -0.25) is 0 Å². The van der Waals surface area contributed by atoms with E-state index in [1.54, 1.807) is 0 Å². The number of aromatic nitrogens is 2. The first-order chi connectivity index (χ1) is 10.6. The average molecular weight is 292 g/mol. The molecule has 3 rings (SSSR count). The molecule has 3 heteroatoms. The molecule has 0 radical (unpaired) electrons. The molecular formula is C19H20N2O. The summed E-state index contributed by atoms with van der Waals surface area (Å²) < 4.78 is 2.03. The zero-order chi connectivity index (χ0) is 15.7. The van der Waals surface area contributed by atoms with Crippen molar-refractivity contribution in [2.45, 2.75) is 26.5 Å². The molecule has 3 aromatic rings. The lowest BCUT2D eigenvalue weighted by atomic mass is 10.1. The van der Waals surface area contributed by atoms with Gasteiger partial charge < -0.3 is 9.67 Å². The molecule has 0 fully saturated rings. The highest BCUT2D eigenvalue weighted by Crippen LogP contribution is 2.27. The lowest BCUT2D eigenvalue weighted by Gasteiger charge is -2.13. The van der Waals surface area contributed by atoms with Gasteiger partial charge in [-0.2, -0.15) is 0 Å². The molecule has 1 heterocycles. The third-order valence-electron chi connectivity index (χ3n) is 4.06. The molecule has 1 aromatic heterocycles. The molecule has 0 saturated heterocycles. The third kappa shape index (κ3) is 2.44. The van der Waals surface area contributed by atoms with Crippen LogP contribution >= 0.6 is 0 Å². The summed E-state index contributed by atoms with van der Waals surface area (Å²) in [6.45, 7) is 8.62. The molecule has 0 amide bonds. The Hall–Kier alpha value is -2.39. The number of aryl methyl sites for hydroxylation is 2. The lowest BCUT2D eigenvalue weighted by molar-refractivity contribution is 0.206. The maximum absolute atomic E-state index is 10.7. The van der Waals surface area contributed by atoms with E-state index in [2.05, 4.69) is 37.5 Å². The Morgan fingerprint density at radius 3 is 2.55 bits per heavy atom. The van der Waals surface area contributed by atoms with Crippen LogP contribution < -0.4 is 0 Å². The monoisotopic (exact) mass is 292 g/mol. The molecule has 0 bridgehead atoms. The van der Waals surface area contributed by atoms with Crippen molar-refractivity contribution in [2.24, 2.45) is 0 Å². The fourth-order valence-electron chi connectivity index (χ4n) is 2.71. The summed E-state index contributed by atoms with van der Waals surface area (Å²) in [4.78, 5) is 4.67. The molecule has 112 valence electrons. The van der Waals surface area contributed by atoms with Crippen LogP contribution in [0.4, 0.5) is 0 Å². The number of allylic oxidation sites excluding steroid dienone is 1. The van der Waals surface area contributed by atoms with Crippen molar-refractivity contribution in [3.63, 3.8) is 0 Å². The number of hydrogen-bond donors (Lipinski definition) is 1. The Balaban J connectivity index is 2.20. The second-order valence-corrected chi connectivity index (χ2v) is 5.61. The highest BCUT2D eigenvalue weighted by atomic mass is 16.3. The summed E-state index contributed by atoms with van der Waals surface area (Å²) >= 11 is 0. The van der Waals surface area contributed by atoms with Crippen molar-refractivity contribution in [3.8, 4) is 0 Å². The maximum Gasteiger partial charge on any atom is 0.143 e. The van der Waals surface area contributed by atoms with Gasteiger partial charge in [0.15, 0.2) is 0 Å². The number of aliphatic hydroxyl groups is 1. The normalized spacial score (nSPS) is 12.5. The minimum atomic E-state index is -0.742. The van der Waals surface area contributed by atoms with Crippen molar-refractivity contribution in [1.82, 2.24) is 9.55 Å². The summed E-state index contributed by atoms with van der Waals surface area (Å²) in [6, 6.07) is 13.8. The summed E-state index contributed by atoms with van der Waals surface area (Å²) in [7, 11) is 0. The zero-order valence-electron chi connectivity index (χ0n) is 13.0. The van der Waals surface area contributed by atoms with Crippen LogP contribution in [0.25, 0.3) is 11.0 Å². The van der Waals surface area contributed by atoms with Gasteiger partial charge in [-0.15, -0.1) is 6.58 Å². The Morgan fingerprint density at radius 1 is 1.18 bits per heavy atom. The highest BCUT2D eigenvalue weighted by molar-refractivity contribution is 5.78. The Bertz CT molecular complexity index is 818. The van der Waals surface area contributed by atoms with Crippen molar-refractivity contribution >= 4 is 11.0 Å². The zero-order valence-corrected chi connectivity index (χ0v) is 13.0. The number of rotatable bonds is 4. The van der Waals surface area contributed by atoms with Gasteiger partial charge in [0.25, 0.3) is 0 Å². The Labute approximate surface area is 130 Å². The van der Waals surface area contributed by atoms with Crippen LogP contribution in [0, 0.1) is 13.8 Å². The molecule has 1 unspecified atom stereocenters. The van der Waals surface area contributed by atoms with Crippen LogP contribution in [-0.2, 0) is 6.54 Å². The van der Waals surface area contributed by atoms with Crippen molar-refractivity contribution in [2.75, 3.05) is 0 Å². The number of fused-ring (bicyclic) bond motifs is 1. The third-order valence-corrected chi connectivity index (χ3v) is 4.06. The van der Waals surface area contributed by atoms with E-state index < -0.39 is 6.10 Å². The van der Waals surface area contributed by atoms with Crippen LogP contribution in [0.15, 0.2) is 55.1 Å². The number of benzene rings is 2. The molecule has 3 nitrogen and oxygen atoms in total. The molecule has 0 aliphatic carbocycles. The summed E-state index contributed by atoms with van der Waals surface area (Å²) in [6.07, 6.45) is 1.09. The van der Waals surface area contributed by atoms with Crippen LogP contribution in [0.3, 0.4) is 0 Å². The van der Waals surface area contributed by atoms with Crippen LogP contribution in [0.5, 0.6) is 0 Å². The molecule has 2 aromatic carbocycles. The summed E-state index contributed by atoms with van der Waals surface area (Å²) in [5.41, 5.74) is 5.22. The fraction of sp³-hybridized carbons (Fsp3) is 0.211. The smallest absolute Gasteiger partial charge is 0.143 e. The molecule has 0 saturated carbocycles.